The summed E-state index contributed by atoms with van der Waals surface area (Å²) in [6.45, 7) is 0.789. The molecule has 0 aliphatic rings. The molecule has 98 valence electrons. The number of methoxy groups -OCH3 is 1. The Balaban J connectivity index is 3.96. The van der Waals surface area contributed by atoms with Crippen LogP contribution in [0.15, 0.2) is 0 Å². The fraction of sp³-hybridized carbons (Fsp3) is 0.667. The molecule has 0 fully saturated rings. The van der Waals surface area contributed by atoms with Crippen molar-refractivity contribution in [3.05, 3.63) is 0 Å². The van der Waals surface area contributed by atoms with Crippen LogP contribution in [0.25, 0.3) is 0 Å². The molecule has 1 atom stereocenters. The number of ether oxygens (including phenoxy) is 1. The van der Waals surface area contributed by atoms with E-state index < -0.39 is 30.4 Å². The molecule has 0 spiro atoms. The third-order valence-corrected chi connectivity index (χ3v) is 1.79. The van der Waals surface area contributed by atoms with Crippen molar-refractivity contribution in [2.75, 3.05) is 20.3 Å². The van der Waals surface area contributed by atoms with Crippen LogP contribution in [-0.4, -0.2) is 54.5 Å². The smallest absolute Gasteiger partial charge is 0.326 e. The Labute approximate surface area is 97.9 Å². The third-order valence-electron chi connectivity index (χ3n) is 1.79. The molecule has 0 unspecified atom stereocenters. The number of carboxylic acids is 2. The van der Waals surface area contributed by atoms with Crippen LogP contribution in [0.2, 0.25) is 0 Å². The topological polar surface area (TPSA) is 125 Å². The molecule has 0 aromatic heterocycles. The minimum Gasteiger partial charge on any atom is -0.481 e. The number of rotatable bonds is 8. The maximum atomic E-state index is 11.2. The maximum Gasteiger partial charge on any atom is 0.326 e. The lowest BCUT2D eigenvalue weighted by Crippen LogP contribution is -2.47. The Kier molecular flexibility index (Phi) is 7.44. The van der Waals surface area contributed by atoms with Crippen LogP contribution in [0, 0.1) is 0 Å². The minimum absolute atomic E-state index is 0.319. The number of hydrogen-bond acceptors (Lipinski definition) is 4. The van der Waals surface area contributed by atoms with Crippen molar-refractivity contribution >= 4 is 18.0 Å². The minimum atomic E-state index is -1.44. The van der Waals surface area contributed by atoms with E-state index in [2.05, 4.69) is 10.6 Å². The summed E-state index contributed by atoms with van der Waals surface area (Å²) in [6, 6.07) is -2.15. The normalized spacial score (nSPS) is 11.6. The number of carbonyl (C=O) groups excluding carboxylic acids is 1. The average molecular weight is 248 g/mol. The first-order valence-corrected chi connectivity index (χ1v) is 4.95. The van der Waals surface area contributed by atoms with Crippen LogP contribution in [0.4, 0.5) is 4.79 Å². The zero-order valence-corrected chi connectivity index (χ0v) is 9.43. The summed E-state index contributed by atoms with van der Waals surface area (Å²) >= 11 is 0. The van der Waals surface area contributed by atoms with Gasteiger partial charge in [0.05, 0.1) is 6.42 Å². The van der Waals surface area contributed by atoms with Crippen molar-refractivity contribution in [2.45, 2.75) is 18.9 Å². The van der Waals surface area contributed by atoms with Crippen LogP contribution < -0.4 is 10.6 Å². The van der Waals surface area contributed by atoms with Crippen molar-refractivity contribution in [2.24, 2.45) is 0 Å². The van der Waals surface area contributed by atoms with E-state index in [9.17, 15) is 14.4 Å². The molecular weight excluding hydrogens is 232 g/mol. The zero-order valence-electron chi connectivity index (χ0n) is 9.43. The number of hydrogen-bond donors (Lipinski definition) is 4. The second kappa shape index (κ2) is 8.34. The van der Waals surface area contributed by atoms with E-state index in [1.54, 1.807) is 0 Å². The van der Waals surface area contributed by atoms with Gasteiger partial charge in [0.1, 0.15) is 6.04 Å². The highest BCUT2D eigenvalue weighted by atomic mass is 16.5. The van der Waals surface area contributed by atoms with Gasteiger partial charge in [-0.05, 0) is 6.42 Å². The highest BCUT2D eigenvalue weighted by molar-refractivity contribution is 5.86. The molecule has 17 heavy (non-hydrogen) atoms. The molecule has 0 radical (unpaired) electrons. The fourth-order valence-corrected chi connectivity index (χ4v) is 1.00. The summed E-state index contributed by atoms with van der Waals surface area (Å²) in [5.41, 5.74) is 0. The fourth-order valence-electron chi connectivity index (χ4n) is 1.00. The van der Waals surface area contributed by atoms with Crippen molar-refractivity contribution in [3.63, 3.8) is 0 Å². The van der Waals surface area contributed by atoms with E-state index in [4.69, 9.17) is 14.9 Å². The first-order valence-electron chi connectivity index (χ1n) is 4.95. The van der Waals surface area contributed by atoms with Gasteiger partial charge in [0.15, 0.2) is 0 Å². The quantitative estimate of drug-likeness (QED) is 0.419. The molecular formula is C9H16N2O6. The highest BCUT2D eigenvalue weighted by Gasteiger charge is 2.22. The lowest BCUT2D eigenvalue weighted by Gasteiger charge is -2.13. The van der Waals surface area contributed by atoms with Gasteiger partial charge in [0, 0.05) is 20.3 Å². The van der Waals surface area contributed by atoms with Crippen molar-refractivity contribution in [3.8, 4) is 0 Å². The second-order valence-corrected chi connectivity index (χ2v) is 3.24. The first kappa shape index (κ1) is 15.2. The second-order valence-electron chi connectivity index (χ2n) is 3.24. The van der Waals surface area contributed by atoms with Crippen LogP contribution >= 0.6 is 0 Å². The van der Waals surface area contributed by atoms with Crippen LogP contribution in [0.1, 0.15) is 12.8 Å². The molecule has 8 nitrogen and oxygen atoms in total. The molecule has 0 rings (SSSR count). The van der Waals surface area contributed by atoms with Gasteiger partial charge in [-0.15, -0.1) is 0 Å². The summed E-state index contributed by atoms with van der Waals surface area (Å²) in [6.07, 6.45) is -0.0819. The Hall–Kier alpha value is -1.83. The average Bonchev–Trinajstić information content (AvgIpc) is 2.22. The van der Waals surface area contributed by atoms with Gasteiger partial charge in [0.25, 0.3) is 0 Å². The third kappa shape index (κ3) is 8.03. The molecule has 0 aromatic carbocycles. The molecule has 0 aliphatic heterocycles. The number of nitrogens with one attached hydrogen (secondary N) is 2. The van der Waals surface area contributed by atoms with Crippen molar-refractivity contribution in [1.29, 1.82) is 0 Å². The van der Waals surface area contributed by atoms with E-state index in [0.29, 0.717) is 19.6 Å². The van der Waals surface area contributed by atoms with E-state index in [1.807, 2.05) is 0 Å². The zero-order chi connectivity index (χ0) is 13.3. The number of amides is 2. The predicted octanol–water partition coefficient (Wildman–Crippen LogP) is -0.750. The number of carboxylic acid groups (broad SMARTS) is 2. The maximum absolute atomic E-state index is 11.2. The molecule has 8 heteroatoms. The van der Waals surface area contributed by atoms with Crippen LogP contribution in [0.5, 0.6) is 0 Å². The Morgan fingerprint density at radius 3 is 2.41 bits per heavy atom. The van der Waals surface area contributed by atoms with Crippen LogP contribution in [0.3, 0.4) is 0 Å². The van der Waals surface area contributed by atoms with Gasteiger partial charge in [-0.3, -0.25) is 4.79 Å². The van der Waals surface area contributed by atoms with Gasteiger partial charge >= 0.3 is 18.0 Å². The first-order chi connectivity index (χ1) is 7.97. The van der Waals surface area contributed by atoms with Crippen molar-refractivity contribution < 1.29 is 29.3 Å². The van der Waals surface area contributed by atoms with Gasteiger partial charge in [-0.1, -0.05) is 0 Å². The van der Waals surface area contributed by atoms with Gasteiger partial charge < -0.3 is 25.6 Å². The molecule has 0 aromatic rings. The summed E-state index contributed by atoms with van der Waals surface area (Å²) < 4.78 is 4.75. The van der Waals surface area contributed by atoms with E-state index in [1.165, 1.54) is 7.11 Å². The molecule has 0 saturated heterocycles. The summed E-state index contributed by atoms with van der Waals surface area (Å²) in [7, 11) is 1.52. The van der Waals surface area contributed by atoms with E-state index in [0.717, 1.165) is 0 Å². The Morgan fingerprint density at radius 2 is 1.94 bits per heavy atom. The molecule has 0 saturated carbocycles. The number of aliphatic carboxylic acids is 2. The highest BCUT2D eigenvalue weighted by Crippen LogP contribution is 1.92. The number of urea groups is 1. The molecule has 0 heterocycles. The summed E-state index contributed by atoms with van der Waals surface area (Å²) in [5.74, 6) is -2.68. The monoisotopic (exact) mass is 248 g/mol. The SMILES string of the molecule is COCCCNC(=O)N[C@@H](CC(=O)O)C(=O)O. The van der Waals surface area contributed by atoms with E-state index >= 15 is 0 Å². The Morgan fingerprint density at radius 1 is 1.29 bits per heavy atom. The van der Waals surface area contributed by atoms with Crippen molar-refractivity contribution in [1.82, 2.24) is 10.6 Å². The summed E-state index contributed by atoms with van der Waals surface area (Å²) in [5, 5.41) is 21.5. The number of carbonyl (C=O) groups is 3. The molecule has 2 amide bonds. The lowest BCUT2D eigenvalue weighted by atomic mass is 10.2. The van der Waals surface area contributed by atoms with E-state index in [-0.39, 0.29) is 0 Å². The molecule has 0 aliphatic carbocycles. The lowest BCUT2D eigenvalue weighted by molar-refractivity contribution is -0.145. The standard InChI is InChI=1S/C9H16N2O6/c1-17-4-2-3-10-9(16)11-6(8(14)15)5-7(12)13/h6H,2-5H2,1H3,(H,12,13)(H,14,15)(H2,10,11,16)/t6-/m0/s1. The Bertz CT molecular complexity index is 281. The van der Waals surface area contributed by atoms with Gasteiger partial charge in [-0.2, -0.15) is 0 Å². The predicted molar refractivity (Wildman–Crippen MR) is 56.7 cm³/mol. The van der Waals surface area contributed by atoms with Crippen LogP contribution in [-0.2, 0) is 14.3 Å². The molecule has 0 bridgehead atoms. The van der Waals surface area contributed by atoms with Gasteiger partial charge in [-0.25, -0.2) is 9.59 Å². The van der Waals surface area contributed by atoms with Gasteiger partial charge in [0.2, 0.25) is 0 Å². The summed E-state index contributed by atoms with van der Waals surface area (Å²) in [4.78, 5) is 32.1. The molecule has 4 N–H and O–H groups in total. The largest absolute Gasteiger partial charge is 0.481 e.